The minimum atomic E-state index is -1.64. The van der Waals surface area contributed by atoms with Crippen molar-refractivity contribution in [3.63, 3.8) is 0 Å². The molecule has 0 aromatic rings. The first kappa shape index (κ1) is 23.7. The molecule has 0 bridgehead atoms. The maximum Gasteiger partial charge on any atom is 0.237 e. The Kier molecular flexibility index (Phi) is 8.38. The molecule has 10 atom stereocenters. The number of aliphatic hydroxyl groups is 4. The van der Waals surface area contributed by atoms with Gasteiger partial charge in [0, 0.05) is 12.8 Å². The lowest BCUT2D eigenvalue weighted by Crippen LogP contribution is -2.66. The summed E-state index contributed by atoms with van der Waals surface area (Å²) in [5.74, 6) is 0.133. The van der Waals surface area contributed by atoms with Gasteiger partial charge in [0.15, 0.2) is 5.44 Å². The number of likely N-dealkylation sites (tertiary alicyclic amines) is 1. The Labute approximate surface area is 168 Å². The summed E-state index contributed by atoms with van der Waals surface area (Å²) in [6.07, 6.45) is -2.90. The molecule has 0 aromatic carbocycles. The Balaban J connectivity index is 2.14. The zero-order valence-electron chi connectivity index (χ0n) is 16.9. The number of hydrogen-bond acceptors (Lipinski definition) is 8. The van der Waals surface area contributed by atoms with Crippen LogP contribution in [0.1, 0.15) is 33.1 Å². The van der Waals surface area contributed by atoms with Crippen molar-refractivity contribution in [1.82, 2.24) is 10.2 Å². The average molecular weight is 423 g/mol. The highest BCUT2D eigenvalue weighted by atomic mass is 32.2. The van der Waals surface area contributed by atoms with Crippen LogP contribution in [0.2, 0.25) is 0 Å². The maximum absolute atomic E-state index is 12.9. The van der Waals surface area contributed by atoms with Gasteiger partial charge in [-0.25, -0.2) is 0 Å². The molecule has 164 valence electrons. The molecule has 10 heteroatoms. The van der Waals surface area contributed by atoms with Gasteiger partial charge in [-0.05, 0) is 32.7 Å². The van der Waals surface area contributed by atoms with Gasteiger partial charge in [-0.2, -0.15) is 0 Å². The molecule has 4 unspecified atom stereocenters. The average Bonchev–Trinajstić information content (AvgIpc) is 2.98. The zero-order chi connectivity index (χ0) is 21.2. The number of amides is 1. The van der Waals surface area contributed by atoms with Crippen molar-refractivity contribution in [2.24, 2.45) is 5.92 Å². The number of aliphatic hydroxyl groups excluding tert-OH is 4. The molecule has 0 aliphatic carbocycles. The minimum absolute atomic E-state index is 0.294. The van der Waals surface area contributed by atoms with E-state index in [9.17, 15) is 29.4 Å². The molecule has 2 fully saturated rings. The van der Waals surface area contributed by atoms with Crippen LogP contribution in [0.5, 0.6) is 0 Å². The lowest BCUT2D eigenvalue weighted by molar-refractivity contribution is -0.212. The molecule has 2 aliphatic heterocycles. The monoisotopic (exact) mass is 422 g/mol. The second-order valence-corrected chi connectivity index (χ2v) is 9.52. The van der Waals surface area contributed by atoms with E-state index in [0.29, 0.717) is 12.3 Å². The molecule has 2 saturated heterocycles. The molecular formula is C18H34N2O7S. The first-order valence-electron chi connectivity index (χ1n) is 9.79. The van der Waals surface area contributed by atoms with Crippen LogP contribution in [0.3, 0.4) is 0 Å². The zero-order valence-corrected chi connectivity index (χ0v) is 17.7. The smallest absolute Gasteiger partial charge is 0.237 e. The highest BCUT2D eigenvalue weighted by Gasteiger charge is 2.49. The molecule has 9 nitrogen and oxygen atoms in total. The summed E-state index contributed by atoms with van der Waals surface area (Å²) in [6.45, 7) is 4.36. The van der Waals surface area contributed by atoms with Gasteiger partial charge in [0.2, 0.25) is 5.91 Å². The number of nitrogens with one attached hydrogen (secondary N) is 1. The Hall–Kier alpha value is -0.620. The molecular weight excluding hydrogens is 388 g/mol. The van der Waals surface area contributed by atoms with Crippen molar-refractivity contribution in [1.29, 1.82) is 0 Å². The van der Waals surface area contributed by atoms with E-state index in [1.54, 1.807) is 0 Å². The van der Waals surface area contributed by atoms with Crippen LogP contribution >= 0.6 is 0 Å². The molecule has 0 spiro atoms. The normalized spacial score (nSPS) is 40.1. The van der Waals surface area contributed by atoms with Crippen LogP contribution in [-0.4, -0.2) is 103 Å². The van der Waals surface area contributed by atoms with Crippen LogP contribution in [0.25, 0.3) is 0 Å². The van der Waals surface area contributed by atoms with Crippen molar-refractivity contribution < 1.29 is 34.2 Å². The van der Waals surface area contributed by atoms with Crippen LogP contribution in [0, 0.1) is 5.92 Å². The Morgan fingerprint density at radius 3 is 2.46 bits per heavy atom. The van der Waals surface area contributed by atoms with E-state index in [1.165, 1.54) is 13.2 Å². The van der Waals surface area contributed by atoms with Gasteiger partial charge in [0.05, 0.1) is 29.0 Å². The Bertz CT molecular complexity index is 564. The second kappa shape index (κ2) is 9.92. The molecule has 0 saturated carbocycles. The standard InChI is InChI=1S/C18H34N2O7S/c1-5-6-10-7-11(20(3)8-10)17(25)19-12(9(2)21)16-14(23)13(22)15(24)18(27-16)28(4)26/h9-16,18,21-24H,5-8H2,1-4H3,(H,19,25)/t9-,10-,11?,12-,13-,14-,15?,16?,18-,28?/m1/s1. The summed E-state index contributed by atoms with van der Waals surface area (Å²) in [4.78, 5) is 14.8. The summed E-state index contributed by atoms with van der Waals surface area (Å²) in [6, 6.07) is -1.39. The van der Waals surface area contributed by atoms with E-state index in [-0.39, 0.29) is 11.9 Å². The topological polar surface area (TPSA) is 140 Å². The van der Waals surface area contributed by atoms with Crippen LogP contribution in [0.15, 0.2) is 0 Å². The third-order valence-corrected chi connectivity index (χ3v) is 6.79. The van der Waals surface area contributed by atoms with Gasteiger partial charge in [0.1, 0.15) is 24.4 Å². The number of nitrogens with zero attached hydrogens (tertiary/aromatic N) is 1. The third-order valence-electron chi connectivity index (χ3n) is 5.75. The number of ether oxygens (including phenoxy) is 1. The van der Waals surface area contributed by atoms with E-state index in [1.807, 2.05) is 11.9 Å². The predicted octanol–water partition coefficient (Wildman–Crippen LogP) is -1.84. The molecule has 0 aromatic heterocycles. The summed E-state index contributed by atoms with van der Waals surface area (Å²) in [7, 11) is 0.233. The molecule has 28 heavy (non-hydrogen) atoms. The number of carbonyl (C=O) groups excluding carboxylic acids is 1. The van der Waals surface area contributed by atoms with Crippen molar-refractivity contribution in [2.75, 3.05) is 19.8 Å². The van der Waals surface area contributed by atoms with Crippen molar-refractivity contribution in [2.45, 2.75) is 81.1 Å². The van der Waals surface area contributed by atoms with Gasteiger partial charge in [-0.15, -0.1) is 0 Å². The number of likely N-dealkylation sites (N-methyl/N-ethyl adjacent to an activating group) is 1. The SMILES string of the molecule is CCC[C@@H]1CC(C(=O)N[C@@H](C2O[C@H](S(C)=O)C(O)[C@H](O)[C@H]2O)[C@@H](C)O)N(C)C1. The highest BCUT2D eigenvalue weighted by Crippen LogP contribution is 2.28. The van der Waals surface area contributed by atoms with E-state index in [0.717, 1.165) is 19.4 Å². The summed E-state index contributed by atoms with van der Waals surface area (Å²) < 4.78 is 17.4. The quantitative estimate of drug-likeness (QED) is 0.322. The van der Waals surface area contributed by atoms with Crippen molar-refractivity contribution in [3.8, 4) is 0 Å². The first-order valence-corrected chi connectivity index (χ1v) is 11.4. The predicted molar refractivity (Wildman–Crippen MR) is 104 cm³/mol. The first-order chi connectivity index (χ1) is 13.1. The van der Waals surface area contributed by atoms with Crippen LogP contribution in [0.4, 0.5) is 0 Å². The molecule has 2 rings (SSSR count). The van der Waals surface area contributed by atoms with Crippen LogP contribution in [-0.2, 0) is 20.3 Å². The third kappa shape index (κ3) is 5.10. The molecule has 1 amide bonds. The van der Waals surface area contributed by atoms with E-state index >= 15 is 0 Å². The summed E-state index contributed by atoms with van der Waals surface area (Å²) in [5, 5.41) is 43.4. The molecule has 5 N–H and O–H groups in total. The molecule has 0 radical (unpaired) electrons. The maximum atomic E-state index is 12.9. The van der Waals surface area contributed by atoms with Crippen LogP contribution < -0.4 is 5.32 Å². The lowest BCUT2D eigenvalue weighted by Gasteiger charge is -2.43. The summed E-state index contributed by atoms with van der Waals surface area (Å²) >= 11 is 0. The lowest BCUT2D eigenvalue weighted by atomic mass is 9.92. The highest BCUT2D eigenvalue weighted by molar-refractivity contribution is 7.84. The number of rotatable bonds is 7. The fourth-order valence-electron chi connectivity index (χ4n) is 4.21. The van der Waals surface area contributed by atoms with Gasteiger partial charge in [-0.3, -0.25) is 13.9 Å². The second-order valence-electron chi connectivity index (χ2n) is 8.06. The summed E-state index contributed by atoms with van der Waals surface area (Å²) in [5.41, 5.74) is -1.23. The minimum Gasteiger partial charge on any atom is -0.391 e. The van der Waals surface area contributed by atoms with Gasteiger partial charge >= 0.3 is 0 Å². The Morgan fingerprint density at radius 2 is 1.93 bits per heavy atom. The van der Waals surface area contributed by atoms with Gasteiger partial charge < -0.3 is 30.5 Å². The molecule has 2 aliphatic rings. The number of hydrogen-bond donors (Lipinski definition) is 5. The fourth-order valence-corrected chi connectivity index (χ4v) is 5.05. The fraction of sp³-hybridized carbons (Fsp3) is 0.944. The Morgan fingerprint density at radius 1 is 1.29 bits per heavy atom. The molecule has 2 heterocycles. The van der Waals surface area contributed by atoms with Gasteiger partial charge in [0.25, 0.3) is 0 Å². The van der Waals surface area contributed by atoms with E-state index < -0.39 is 52.8 Å². The van der Waals surface area contributed by atoms with E-state index in [4.69, 9.17) is 4.74 Å². The van der Waals surface area contributed by atoms with Gasteiger partial charge in [-0.1, -0.05) is 13.3 Å². The van der Waals surface area contributed by atoms with E-state index in [2.05, 4.69) is 12.2 Å². The number of carbonyl (C=O) groups is 1. The largest absolute Gasteiger partial charge is 0.391 e. The van der Waals surface area contributed by atoms with Crippen molar-refractivity contribution >= 4 is 16.7 Å². The van der Waals surface area contributed by atoms with Crippen molar-refractivity contribution in [3.05, 3.63) is 0 Å².